The Labute approximate surface area is 244 Å². The van der Waals surface area contributed by atoms with E-state index in [1.54, 1.807) is 29.9 Å². The summed E-state index contributed by atoms with van der Waals surface area (Å²) >= 11 is 7.95. The molecule has 2 aromatic carbocycles. The normalized spacial score (nSPS) is 17.6. The number of benzene rings is 2. The summed E-state index contributed by atoms with van der Waals surface area (Å²) in [4.78, 5) is 30.8. The van der Waals surface area contributed by atoms with Crippen LogP contribution in [0.1, 0.15) is 55.7 Å². The molecule has 0 saturated carbocycles. The summed E-state index contributed by atoms with van der Waals surface area (Å²) in [5.41, 5.74) is 3.08. The van der Waals surface area contributed by atoms with Crippen LogP contribution in [0.15, 0.2) is 42.5 Å². The molecule has 3 aromatic rings. The summed E-state index contributed by atoms with van der Waals surface area (Å²) in [6.45, 7) is 7.73. The summed E-state index contributed by atoms with van der Waals surface area (Å²) in [7, 11) is 3.22. The van der Waals surface area contributed by atoms with Gasteiger partial charge in [-0.25, -0.2) is 4.68 Å². The zero-order valence-electron chi connectivity index (χ0n) is 23.6. The fourth-order valence-corrected chi connectivity index (χ4v) is 6.71. The largest absolute Gasteiger partial charge is 0.493 e. The maximum absolute atomic E-state index is 13.9. The summed E-state index contributed by atoms with van der Waals surface area (Å²) in [6.07, 6.45) is 1.97. The highest BCUT2D eigenvalue weighted by Gasteiger charge is 2.40. The Hall–Kier alpha value is -3.17. The molecule has 1 unspecified atom stereocenters. The average molecular weight is 583 g/mol. The molecule has 0 aliphatic carbocycles. The van der Waals surface area contributed by atoms with E-state index in [0.29, 0.717) is 22.3 Å². The Bertz CT molecular complexity index is 1430. The van der Waals surface area contributed by atoms with Gasteiger partial charge < -0.3 is 14.4 Å². The lowest BCUT2D eigenvalue weighted by molar-refractivity contribution is -0.130. The van der Waals surface area contributed by atoms with Crippen LogP contribution in [-0.2, 0) is 15.0 Å². The van der Waals surface area contributed by atoms with Gasteiger partial charge in [-0.15, -0.1) is 11.8 Å². The molecule has 1 saturated heterocycles. The van der Waals surface area contributed by atoms with E-state index in [2.05, 4.69) is 20.8 Å². The van der Waals surface area contributed by atoms with Gasteiger partial charge in [0.05, 0.1) is 36.6 Å². The lowest BCUT2D eigenvalue weighted by Crippen LogP contribution is -2.43. The van der Waals surface area contributed by atoms with Crippen LogP contribution >= 0.6 is 23.4 Å². The average Bonchev–Trinajstić information content (AvgIpc) is 3.58. The first-order chi connectivity index (χ1) is 19.1. The van der Waals surface area contributed by atoms with E-state index in [1.807, 2.05) is 41.3 Å². The molecule has 8 nitrogen and oxygen atoms in total. The van der Waals surface area contributed by atoms with Gasteiger partial charge in [-0.2, -0.15) is 5.10 Å². The van der Waals surface area contributed by atoms with Crippen molar-refractivity contribution in [3.8, 4) is 17.2 Å². The van der Waals surface area contributed by atoms with Gasteiger partial charge in [0.25, 0.3) is 0 Å². The van der Waals surface area contributed by atoms with Crippen LogP contribution in [0.2, 0.25) is 5.02 Å². The van der Waals surface area contributed by atoms with E-state index < -0.39 is 0 Å². The number of ether oxygens (including phenoxy) is 2. The van der Waals surface area contributed by atoms with E-state index >= 15 is 0 Å². The molecular weight excluding hydrogens is 548 g/mol. The number of thioether (sulfide) groups is 1. The highest BCUT2D eigenvalue weighted by atomic mass is 35.5. The number of methoxy groups -OCH3 is 2. The Balaban J connectivity index is 1.76. The van der Waals surface area contributed by atoms with Crippen LogP contribution in [0.4, 0.5) is 5.82 Å². The number of hydrogen-bond acceptors (Lipinski definition) is 6. The predicted octanol–water partition coefficient (Wildman–Crippen LogP) is 5.63. The minimum atomic E-state index is -0.360. The fraction of sp³-hybridized carbons (Fsp3) is 0.433. The first kappa shape index (κ1) is 28.4. The first-order valence-corrected chi connectivity index (χ1v) is 14.9. The number of fused-ring (bicyclic) bond motifs is 1. The molecule has 3 heterocycles. The predicted molar refractivity (Wildman–Crippen MR) is 159 cm³/mol. The standard InChI is InChI=1S/C30H35ClN4O4S/c1-30(2,3)28-26-27(19-11-12-22(38-4)23(15-19)39-5)40-18-25(37)34(17-24(36)33-13-6-7-14-33)29(26)35(32-28)21-10-8-9-20(31)16-21/h8-12,15-16,27H,6-7,13-14,17-18H2,1-5H3. The van der Waals surface area contributed by atoms with Crippen LogP contribution in [0.5, 0.6) is 11.5 Å². The molecule has 0 radical (unpaired) electrons. The summed E-state index contributed by atoms with van der Waals surface area (Å²) < 4.78 is 12.9. The minimum absolute atomic E-state index is 0.0408. The van der Waals surface area contributed by atoms with Gasteiger partial charge in [-0.1, -0.05) is 44.5 Å². The second-order valence-corrected chi connectivity index (χ2v) is 12.6. The number of rotatable bonds is 6. The van der Waals surface area contributed by atoms with Crippen molar-refractivity contribution in [1.29, 1.82) is 0 Å². The molecule has 1 aromatic heterocycles. The molecule has 0 N–H and O–H groups in total. The highest BCUT2D eigenvalue weighted by molar-refractivity contribution is 8.00. The minimum Gasteiger partial charge on any atom is -0.493 e. The van der Waals surface area contributed by atoms with Gasteiger partial charge in [0.2, 0.25) is 11.8 Å². The van der Waals surface area contributed by atoms with Crippen molar-refractivity contribution in [2.24, 2.45) is 0 Å². The molecule has 2 amide bonds. The van der Waals surface area contributed by atoms with Gasteiger partial charge in [0.15, 0.2) is 11.5 Å². The zero-order valence-corrected chi connectivity index (χ0v) is 25.1. The van der Waals surface area contributed by atoms with Crippen molar-refractivity contribution in [1.82, 2.24) is 14.7 Å². The molecule has 1 atom stereocenters. The molecule has 5 rings (SSSR count). The number of carbonyl (C=O) groups excluding carboxylic acids is 2. The lowest BCUT2D eigenvalue weighted by Gasteiger charge is -2.26. The van der Waals surface area contributed by atoms with Crippen LogP contribution in [0.3, 0.4) is 0 Å². The van der Waals surface area contributed by atoms with Crippen molar-refractivity contribution in [2.75, 3.05) is 44.5 Å². The Morgan fingerprint density at radius 3 is 2.45 bits per heavy atom. The third-order valence-corrected chi connectivity index (χ3v) is 8.80. The van der Waals surface area contributed by atoms with Crippen molar-refractivity contribution < 1.29 is 19.1 Å². The molecule has 0 spiro atoms. The maximum Gasteiger partial charge on any atom is 0.242 e. The van der Waals surface area contributed by atoms with E-state index in [1.165, 1.54) is 11.8 Å². The van der Waals surface area contributed by atoms with E-state index in [-0.39, 0.29) is 34.8 Å². The Morgan fingerprint density at radius 2 is 1.80 bits per heavy atom. The van der Waals surface area contributed by atoms with Gasteiger partial charge >= 0.3 is 0 Å². The van der Waals surface area contributed by atoms with Crippen molar-refractivity contribution in [2.45, 2.75) is 44.3 Å². The maximum atomic E-state index is 13.9. The molecule has 0 bridgehead atoms. The number of halogens is 1. The topological polar surface area (TPSA) is 76.9 Å². The van der Waals surface area contributed by atoms with Crippen LogP contribution in [0.25, 0.3) is 5.69 Å². The van der Waals surface area contributed by atoms with Crippen LogP contribution in [0, 0.1) is 0 Å². The van der Waals surface area contributed by atoms with Crippen LogP contribution < -0.4 is 14.4 Å². The van der Waals surface area contributed by atoms with E-state index in [0.717, 1.165) is 48.4 Å². The Morgan fingerprint density at radius 1 is 1.07 bits per heavy atom. The molecule has 1 fully saturated rings. The van der Waals surface area contributed by atoms with Gasteiger partial charge in [-0.3, -0.25) is 14.5 Å². The molecule has 212 valence electrons. The number of carbonyl (C=O) groups is 2. The molecule has 2 aliphatic heterocycles. The van der Waals surface area contributed by atoms with E-state index in [9.17, 15) is 9.59 Å². The van der Waals surface area contributed by atoms with E-state index in [4.69, 9.17) is 26.2 Å². The lowest BCUT2D eigenvalue weighted by atomic mass is 9.87. The molecular formula is C30H35ClN4O4S. The quantitative estimate of drug-likeness (QED) is 0.375. The zero-order chi connectivity index (χ0) is 28.6. The molecule has 40 heavy (non-hydrogen) atoms. The smallest absolute Gasteiger partial charge is 0.242 e. The van der Waals surface area contributed by atoms with Gasteiger partial charge in [0, 0.05) is 29.1 Å². The van der Waals surface area contributed by atoms with Crippen molar-refractivity contribution in [3.63, 3.8) is 0 Å². The number of aromatic nitrogens is 2. The van der Waals surface area contributed by atoms with Crippen LogP contribution in [-0.4, -0.2) is 66.1 Å². The number of amides is 2. The summed E-state index contributed by atoms with van der Waals surface area (Å²) in [6, 6.07) is 13.3. The second-order valence-electron chi connectivity index (χ2n) is 11.1. The SMILES string of the molecule is COc1ccc(C2SCC(=O)N(CC(=O)N3CCCC3)c3c2c(C(C)(C)C)nn3-c2cccc(Cl)c2)cc1OC. The molecule has 2 aliphatic rings. The third-order valence-electron chi connectivity index (χ3n) is 7.31. The third kappa shape index (κ3) is 5.41. The number of hydrogen-bond donors (Lipinski definition) is 0. The fourth-order valence-electron chi connectivity index (χ4n) is 5.34. The van der Waals surface area contributed by atoms with Crippen molar-refractivity contribution >= 4 is 41.0 Å². The summed E-state index contributed by atoms with van der Waals surface area (Å²) in [5.74, 6) is 1.87. The first-order valence-electron chi connectivity index (χ1n) is 13.4. The highest BCUT2D eigenvalue weighted by Crippen LogP contribution is 2.49. The van der Waals surface area contributed by atoms with Crippen molar-refractivity contribution in [3.05, 3.63) is 64.3 Å². The second kappa shape index (κ2) is 11.4. The molecule has 10 heteroatoms. The number of nitrogens with zero attached hydrogens (tertiary/aromatic N) is 4. The number of anilines is 1. The summed E-state index contributed by atoms with van der Waals surface area (Å²) in [5, 5.41) is 5.44. The van der Waals surface area contributed by atoms with Gasteiger partial charge in [0.1, 0.15) is 12.4 Å². The number of likely N-dealkylation sites (tertiary alicyclic amines) is 1. The monoisotopic (exact) mass is 582 g/mol. The Kier molecular flexibility index (Phi) is 8.06. The van der Waals surface area contributed by atoms with Gasteiger partial charge in [-0.05, 0) is 48.7 Å².